The van der Waals surface area contributed by atoms with E-state index in [0.29, 0.717) is 0 Å². The minimum atomic E-state index is 0.0470. The fourth-order valence-electron chi connectivity index (χ4n) is 2.23. The maximum Gasteiger partial charge on any atom is 0.128 e. The SMILES string of the molecule is COc1ccc(C2Cc3c(Cl)cccc3O2)cc1. The Labute approximate surface area is 111 Å². The molecule has 1 unspecified atom stereocenters. The molecule has 2 aromatic carbocycles. The van der Waals surface area contributed by atoms with Crippen molar-refractivity contribution in [3.63, 3.8) is 0 Å². The van der Waals surface area contributed by atoms with Crippen LogP contribution in [0.4, 0.5) is 0 Å². The molecule has 1 aliphatic heterocycles. The highest BCUT2D eigenvalue weighted by Gasteiger charge is 2.25. The van der Waals surface area contributed by atoms with Crippen molar-refractivity contribution in [2.75, 3.05) is 7.11 Å². The summed E-state index contributed by atoms with van der Waals surface area (Å²) in [5.41, 5.74) is 2.24. The van der Waals surface area contributed by atoms with Gasteiger partial charge in [0, 0.05) is 17.0 Å². The molecule has 0 spiro atoms. The lowest BCUT2D eigenvalue weighted by Crippen LogP contribution is -2.02. The van der Waals surface area contributed by atoms with Crippen molar-refractivity contribution in [2.45, 2.75) is 12.5 Å². The second-order valence-electron chi connectivity index (χ2n) is 4.30. The Bertz CT molecular complexity index is 563. The first kappa shape index (κ1) is 11.4. The average Bonchev–Trinajstić information content (AvgIpc) is 2.84. The first-order valence-electron chi connectivity index (χ1n) is 5.86. The molecule has 0 N–H and O–H groups in total. The van der Waals surface area contributed by atoms with E-state index < -0.39 is 0 Å². The quantitative estimate of drug-likeness (QED) is 0.812. The number of methoxy groups -OCH3 is 1. The van der Waals surface area contributed by atoms with Gasteiger partial charge in [-0.15, -0.1) is 0 Å². The van der Waals surface area contributed by atoms with Gasteiger partial charge in [-0.3, -0.25) is 0 Å². The normalized spacial score (nSPS) is 17.1. The third-order valence-electron chi connectivity index (χ3n) is 3.22. The number of hydrogen-bond donors (Lipinski definition) is 0. The molecule has 2 nitrogen and oxygen atoms in total. The van der Waals surface area contributed by atoms with E-state index in [1.807, 2.05) is 42.5 Å². The maximum atomic E-state index is 6.17. The Kier molecular flexibility index (Phi) is 2.88. The molecule has 0 saturated carbocycles. The molecule has 2 aromatic rings. The first-order chi connectivity index (χ1) is 8.78. The van der Waals surface area contributed by atoms with Gasteiger partial charge >= 0.3 is 0 Å². The summed E-state index contributed by atoms with van der Waals surface area (Å²) in [7, 11) is 1.66. The number of benzene rings is 2. The lowest BCUT2D eigenvalue weighted by Gasteiger charge is -2.11. The van der Waals surface area contributed by atoms with Crippen LogP contribution in [0.2, 0.25) is 5.02 Å². The number of ether oxygens (including phenoxy) is 2. The van der Waals surface area contributed by atoms with E-state index in [4.69, 9.17) is 21.1 Å². The minimum Gasteiger partial charge on any atom is -0.497 e. The van der Waals surface area contributed by atoms with Crippen molar-refractivity contribution in [3.05, 3.63) is 58.6 Å². The molecule has 0 aliphatic carbocycles. The summed E-state index contributed by atoms with van der Waals surface area (Å²) in [6.07, 6.45) is 0.868. The monoisotopic (exact) mass is 260 g/mol. The van der Waals surface area contributed by atoms with Crippen LogP contribution in [-0.4, -0.2) is 7.11 Å². The van der Waals surface area contributed by atoms with Crippen molar-refractivity contribution in [1.82, 2.24) is 0 Å². The van der Waals surface area contributed by atoms with Crippen LogP contribution in [0.3, 0.4) is 0 Å². The second kappa shape index (κ2) is 4.54. The minimum absolute atomic E-state index is 0.0470. The third kappa shape index (κ3) is 1.93. The largest absolute Gasteiger partial charge is 0.497 e. The smallest absolute Gasteiger partial charge is 0.128 e. The molecule has 1 atom stereocenters. The zero-order valence-corrected chi connectivity index (χ0v) is 10.8. The van der Waals surface area contributed by atoms with Crippen LogP contribution in [0.15, 0.2) is 42.5 Å². The van der Waals surface area contributed by atoms with Gasteiger partial charge in [0.2, 0.25) is 0 Å². The number of fused-ring (bicyclic) bond motifs is 1. The summed E-state index contributed by atoms with van der Waals surface area (Å²) < 4.78 is 11.1. The van der Waals surface area contributed by atoms with E-state index in [2.05, 4.69) is 0 Å². The maximum absolute atomic E-state index is 6.17. The predicted molar refractivity (Wildman–Crippen MR) is 71.5 cm³/mol. The Morgan fingerprint density at radius 2 is 1.94 bits per heavy atom. The number of rotatable bonds is 2. The lowest BCUT2D eigenvalue weighted by atomic mass is 10.0. The van der Waals surface area contributed by atoms with Crippen molar-refractivity contribution in [2.24, 2.45) is 0 Å². The van der Waals surface area contributed by atoms with Gasteiger partial charge in [-0.25, -0.2) is 0 Å². The summed E-state index contributed by atoms with van der Waals surface area (Å²) in [5.74, 6) is 1.75. The van der Waals surface area contributed by atoms with Gasteiger partial charge < -0.3 is 9.47 Å². The Hall–Kier alpha value is -1.67. The van der Waals surface area contributed by atoms with Crippen LogP contribution >= 0.6 is 11.6 Å². The standard InChI is InChI=1S/C15H13ClO2/c1-17-11-7-5-10(6-8-11)15-9-12-13(16)3-2-4-14(12)18-15/h2-8,15H,9H2,1H3. The molecule has 0 fully saturated rings. The van der Waals surface area contributed by atoms with Crippen molar-refractivity contribution >= 4 is 11.6 Å². The van der Waals surface area contributed by atoms with E-state index in [9.17, 15) is 0 Å². The first-order valence-corrected chi connectivity index (χ1v) is 6.24. The van der Waals surface area contributed by atoms with Crippen LogP contribution in [0, 0.1) is 0 Å². The summed E-state index contributed by atoms with van der Waals surface area (Å²) in [5, 5.41) is 0.781. The molecule has 1 heterocycles. The summed E-state index contributed by atoms with van der Waals surface area (Å²) in [6, 6.07) is 13.7. The third-order valence-corrected chi connectivity index (χ3v) is 3.58. The molecule has 0 amide bonds. The Balaban J connectivity index is 1.86. The fourth-order valence-corrected chi connectivity index (χ4v) is 2.48. The molecule has 0 radical (unpaired) electrons. The van der Waals surface area contributed by atoms with Gasteiger partial charge in [0.05, 0.1) is 7.11 Å². The molecule has 18 heavy (non-hydrogen) atoms. The molecule has 0 saturated heterocycles. The molecular formula is C15H13ClO2. The van der Waals surface area contributed by atoms with Crippen molar-refractivity contribution in [3.8, 4) is 11.5 Å². The Morgan fingerprint density at radius 3 is 2.61 bits per heavy atom. The average molecular weight is 261 g/mol. The predicted octanol–water partition coefficient (Wildman–Crippen LogP) is 4.02. The van der Waals surface area contributed by atoms with E-state index in [-0.39, 0.29) is 6.10 Å². The van der Waals surface area contributed by atoms with Crippen molar-refractivity contribution < 1.29 is 9.47 Å². The fraction of sp³-hybridized carbons (Fsp3) is 0.200. The molecule has 3 heteroatoms. The van der Waals surface area contributed by atoms with Crippen LogP contribution in [0.1, 0.15) is 17.2 Å². The van der Waals surface area contributed by atoms with Crippen LogP contribution in [0.5, 0.6) is 11.5 Å². The van der Waals surface area contributed by atoms with Crippen LogP contribution in [0.25, 0.3) is 0 Å². The highest BCUT2D eigenvalue weighted by molar-refractivity contribution is 6.31. The van der Waals surface area contributed by atoms with Gasteiger partial charge in [-0.2, -0.15) is 0 Å². The number of hydrogen-bond acceptors (Lipinski definition) is 2. The highest BCUT2D eigenvalue weighted by atomic mass is 35.5. The Morgan fingerprint density at radius 1 is 1.17 bits per heavy atom. The highest BCUT2D eigenvalue weighted by Crippen LogP contribution is 2.40. The van der Waals surface area contributed by atoms with Crippen LogP contribution < -0.4 is 9.47 Å². The summed E-state index contributed by atoms with van der Waals surface area (Å²) in [6.45, 7) is 0. The summed E-state index contributed by atoms with van der Waals surface area (Å²) >= 11 is 6.17. The van der Waals surface area contributed by atoms with Gasteiger partial charge in [0.25, 0.3) is 0 Å². The zero-order chi connectivity index (χ0) is 12.5. The molecule has 3 rings (SSSR count). The molecule has 92 valence electrons. The number of halogens is 1. The van der Waals surface area contributed by atoms with Gasteiger partial charge in [0.15, 0.2) is 0 Å². The van der Waals surface area contributed by atoms with Gasteiger partial charge in [-0.1, -0.05) is 29.8 Å². The van der Waals surface area contributed by atoms with E-state index in [0.717, 1.165) is 34.1 Å². The van der Waals surface area contributed by atoms with Gasteiger partial charge in [0.1, 0.15) is 17.6 Å². The molecule has 0 aromatic heterocycles. The van der Waals surface area contributed by atoms with E-state index in [1.165, 1.54) is 0 Å². The topological polar surface area (TPSA) is 18.5 Å². The van der Waals surface area contributed by atoms with E-state index >= 15 is 0 Å². The summed E-state index contributed by atoms with van der Waals surface area (Å²) in [4.78, 5) is 0. The molecule has 1 aliphatic rings. The second-order valence-corrected chi connectivity index (χ2v) is 4.71. The van der Waals surface area contributed by atoms with Gasteiger partial charge in [-0.05, 0) is 29.8 Å². The molecule has 0 bridgehead atoms. The lowest BCUT2D eigenvalue weighted by molar-refractivity contribution is 0.238. The zero-order valence-electron chi connectivity index (χ0n) is 10.0. The van der Waals surface area contributed by atoms with Crippen LogP contribution in [-0.2, 0) is 6.42 Å². The van der Waals surface area contributed by atoms with Crippen molar-refractivity contribution in [1.29, 1.82) is 0 Å². The van der Waals surface area contributed by atoms with E-state index in [1.54, 1.807) is 7.11 Å². The molecular weight excluding hydrogens is 248 g/mol.